The molecule has 2 aromatic carbocycles. The SMILES string of the molecule is CN(C)C(=S)Oc1cccc(-c2ccc(C#N)cc2)c1. The van der Waals surface area contributed by atoms with E-state index in [2.05, 4.69) is 6.07 Å². The lowest BCUT2D eigenvalue weighted by Crippen LogP contribution is -2.24. The summed E-state index contributed by atoms with van der Waals surface area (Å²) in [6.07, 6.45) is 0. The van der Waals surface area contributed by atoms with Crippen LogP contribution in [0.15, 0.2) is 48.5 Å². The van der Waals surface area contributed by atoms with E-state index >= 15 is 0 Å². The summed E-state index contributed by atoms with van der Waals surface area (Å²) in [5.41, 5.74) is 2.70. The molecule has 3 nitrogen and oxygen atoms in total. The zero-order valence-corrected chi connectivity index (χ0v) is 12.1. The van der Waals surface area contributed by atoms with Gasteiger partial charge in [0.25, 0.3) is 5.17 Å². The number of benzene rings is 2. The minimum absolute atomic E-state index is 0.418. The van der Waals surface area contributed by atoms with Gasteiger partial charge in [0.1, 0.15) is 5.75 Å². The third-order valence-electron chi connectivity index (χ3n) is 2.75. The van der Waals surface area contributed by atoms with Crippen molar-refractivity contribution >= 4 is 17.4 Å². The van der Waals surface area contributed by atoms with Gasteiger partial charge in [-0.05, 0) is 47.6 Å². The summed E-state index contributed by atoms with van der Waals surface area (Å²) < 4.78 is 5.59. The smallest absolute Gasteiger partial charge is 0.264 e. The van der Waals surface area contributed by atoms with Crippen LogP contribution in [0.4, 0.5) is 0 Å². The fourth-order valence-electron chi connectivity index (χ4n) is 1.67. The van der Waals surface area contributed by atoms with Crippen LogP contribution in [0.1, 0.15) is 5.56 Å². The van der Waals surface area contributed by atoms with Gasteiger partial charge in [0.15, 0.2) is 0 Å². The summed E-state index contributed by atoms with van der Waals surface area (Å²) in [6, 6.07) is 17.2. The van der Waals surface area contributed by atoms with Gasteiger partial charge in [-0.25, -0.2) is 0 Å². The quantitative estimate of drug-likeness (QED) is 0.790. The van der Waals surface area contributed by atoms with Crippen LogP contribution in [0.3, 0.4) is 0 Å². The molecule has 4 heteroatoms. The number of rotatable bonds is 2. The maximum Gasteiger partial charge on any atom is 0.264 e. The van der Waals surface area contributed by atoms with Gasteiger partial charge in [0, 0.05) is 14.1 Å². The van der Waals surface area contributed by atoms with E-state index in [1.165, 1.54) is 0 Å². The number of nitriles is 1. The van der Waals surface area contributed by atoms with Crippen molar-refractivity contribution in [3.05, 3.63) is 54.1 Å². The maximum atomic E-state index is 8.81. The highest BCUT2D eigenvalue weighted by Crippen LogP contribution is 2.24. The molecule has 0 bridgehead atoms. The van der Waals surface area contributed by atoms with E-state index in [-0.39, 0.29) is 0 Å². The maximum absolute atomic E-state index is 8.81. The normalized spacial score (nSPS) is 9.65. The highest BCUT2D eigenvalue weighted by atomic mass is 32.1. The molecule has 0 unspecified atom stereocenters. The first-order valence-corrected chi connectivity index (χ1v) is 6.50. The molecule has 2 rings (SSSR count). The van der Waals surface area contributed by atoms with Gasteiger partial charge in [0.05, 0.1) is 11.6 Å². The van der Waals surface area contributed by atoms with Crippen LogP contribution in [-0.2, 0) is 0 Å². The summed E-state index contributed by atoms with van der Waals surface area (Å²) in [7, 11) is 3.68. The Labute approximate surface area is 124 Å². The van der Waals surface area contributed by atoms with Crippen molar-refractivity contribution in [1.82, 2.24) is 4.90 Å². The minimum atomic E-state index is 0.418. The van der Waals surface area contributed by atoms with E-state index in [0.717, 1.165) is 11.1 Å². The first kappa shape index (κ1) is 14.0. The second-order valence-electron chi connectivity index (χ2n) is 4.48. The second kappa shape index (κ2) is 6.18. The van der Waals surface area contributed by atoms with E-state index in [0.29, 0.717) is 16.5 Å². The monoisotopic (exact) mass is 282 g/mol. The summed E-state index contributed by atoms with van der Waals surface area (Å²) >= 11 is 5.12. The lowest BCUT2D eigenvalue weighted by molar-refractivity contribution is 0.449. The number of thiocarbonyl (C=S) groups is 1. The first-order chi connectivity index (χ1) is 9.60. The zero-order chi connectivity index (χ0) is 14.5. The largest absolute Gasteiger partial charge is 0.432 e. The lowest BCUT2D eigenvalue weighted by atomic mass is 10.0. The molecule has 0 aliphatic rings. The molecule has 0 aliphatic heterocycles. The number of hydrogen-bond donors (Lipinski definition) is 0. The fourth-order valence-corrected chi connectivity index (χ4v) is 1.76. The third kappa shape index (κ3) is 3.34. The van der Waals surface area contributed by atoms with Crippen LogP contribution >= 0.6 is 12.2 Å². The Morgan fingerprint density at radius 1 is 1.10 bits per heavy atom. The molecule has 20 heavy (non-hydrogen) atoms. The van der Waals surface area contributed by atoms with Gasteiger partial charge in [-0.1, -0.05) is 24.3 Å². The molecule has 100 valence electrons. The van der Waals surface area contributed by atoms with E-state index < -0.39 is 0 Å². The summed E-state index contributed by atoms with van der Waals surface area (Å²) in [5, 5.41) is 9.22. The molecule has 0 N–H and O–H groups in total. The van der Waals surface area contributed by atoms with Gasteiger partial charge in [-0.15, -0.1) is 0 Å². The molecule has 0 atom stereocenters. The van der Waals surface area contributed by atoms with Crippen molar-refractivity contribution in [2.24, 2.45) is 0 Å². The number of ether oxygens (including phenoxy) is 1. The van der Waals surface area contributed by atoms with Crippen LogP contribution in [0, 0.1) is 11.3 Å². The molecular formula is C16H14N2OS. The van der Waals surface area contributed by atoms with Crippen molar-refractivity contribution < 1.29 is 4.74 Å². The van der Waals surface area contributed by atoms with Gasteiger partial charge in [0.2, 0.25) is 0 Å². The molecule has 2 aromatic rings. The van der Waals surface area contributed by atoms with Gasteiger partial charge >= 0.3 is 0 Å². The first-order valence-electron chi connectivity index (χ1n) is 6.10. The molecule has 0 aromatic heterocycles. The summed E-state index contributed by atoms with van der Waals surface area (Å²) in [6.45, 7) is 0. The Balaban J connectivity index is 2.25. The van der Waals surface area contributed by atoms with Crippen LogP contribution in [0.25, 0.3) is 11.1 Å². The third-order valence-corrected chi connectivity index (χ3v) is 3.20. The van der Waals surface area contributed by atoms with Crippen molar-refractivity contribution in [3.8, 4) is 22.9 Å². The summed E-state index contributed by atoms with van der Waals surface area (Å²) in [4.78, 5) is 1.74. The van der Waals surface area contributed by atoms with Crippen LogP contribution < -0.4 is 4.74 Å². The molecule has 0 heterocycles. The van der Waals surface area contributed by atoms with Crippen LogP contribution in [-0.4, -0.2) is 24.2 Å². The van der Waals surface area contributed by atoms with E-state index in [9.17, 15) is 0 Å². The van der Waals surface area contributed by atoms with Crippen LogP contribution in [0.2, 0.25) is 0 Å². The Hall–Kier alpha value is -2.38. The Morgan fingerprint density at radius 3 is 2.40 bits per heavy atom. The highest BCUT2D eigenvalue weighted by molar-refractivity contribution is 7.80. The molecular weight excluding hydrogens is 268 g/mol. The molecule has 0 fully saturated rings. The Bertz CT molecular complexity index is 657. The van der Waals surface area contributed by atoms with Crippen molar-refractivity contribution in [2.45, 2.75) is 0 Å². The zero-order valence-electron chi connectivity index (χ0n) is 11.3. The average Bonchev–Trinajstić information content (AvgIpc) is 2.47. The standard InChI is InChI=1S/C16H14N2OS/c1-18(2)16(20)19-15-5-3-4-14(10-15)13-8-6-12(11-17)7-9-13/h3-10H,1-2H3. The number of hydrogen-bond acceptors (Lipinski definition) is 3. The van der Waals surface area contributed by atoms with Crippen molar-refractivity contribution in [3.63, 3.8) is 0 Å². The van der Waals surface area contributed by atoms with E-state index in [1.807, 2.05) is 50.5 Å². The fraction of sp³-hybridized carbons (Fsp3) is 0.125. The Kier molecular flexibility index (Phi) is 4.34. The molecule has 0 spiro atoms. The van der Waals surface area contributed by atoms with Gasteiger partial charge < -0.3 is 9.64 Å². The average molecular weight is 282 g/mol. The lowest BCUT2D eigenvalue weighted by Gasteiger charge is -2.14. The van der Waals surface area contributed by atoms with Crippen LogP contribution in [0.5, 0.6) is 5.75 Å². The minimum Gasteiger partial charge on any atom is -0.432 e. The molecule has 0 saturated heterocycles. The van der Waals surface area contributed by atoms with Crippen molar-refractivity contribution in [2.75, 3.05) is 14.1 Å². The topological polar surface area (TPSA) is 36.3 Å². The predicted octanol–water partition coefficient (Wildman–Crippen LogP) is 3.45. The Morgan fingerprint density at radius 2 is 1.80 bits per heavy atom. The molecule has 0 radical (unpaired) electrons. The molecule has 0 aliphatic carbocycles. The predicted molar refractivity (Wildman–Crippen MR) is 83.5 cm³/mol. The van der Waals surface area contributed by atoms with Gasteiger partial charge in [-0.2, -0.15) is 5.26 Å². The number of nitrogens with zero attached hydrogens (tertiary/aromatic N) is 2. The second-order valence-corrected chi connectivity index (χ2v) is 4.83. The van der Waals surface area contributed by atoms with Crippen molar-refractivity contribution in [1.29, 1.82) is 5.26 Å². The molecule has 0 saturated carbocycles. The molecule has 0 amide bonds. The highest BCUT2D eigenvalue weighted by Gasteiger charge is 2.04. The van der Waals surface area contributed by atoms with E-state index in [1.54, 1.807) is 17.0 Å². The van der Waals surface area contributed by atoms with E-state index in [4.69, 9.17) is 22.2 Å². The summed E-state index contributed by atoms with van der Waals surface area (Å²) in [5.74, 6) is 0.700. The van der Waals surface area contributed by atoms with Gasteiger partial charge in [-0.3, -0.25) is 0 Å².